The lowest BCUT2D eigenvalue weighted by Gasteiger charge is -2.08. The van der Waals surface area contributed by atoms with Crippen LogP contribution >= 0.6 is 23.2 Å². The summed E-state index contributed by atoms with van der Waals surface area (Å²) >= 11 is 11.7. The minimum absolute atomic E-state index is 0.229. The molecule has 0 aliphatic heterocycles. The van der Waals surface area contributed by atoms with Gasteiger partial charge in [-0.05, 0) is 29.7 Å². The zero-order valence-corrected chi connectivity index (χ0v) is 10.2. The molecule has 0 spiro atoms. The van der Waals surface area contributed by atoms with E-state index in [0.717, 1.165) is 16.7 Å². The molecule has 1 rings (SSSR count). The number of hydrogen-bond donors (Lipinski definition) is 0. The first kappa shape index (κ1) is 12.3. The van der Waals surface area contributed by atoms with Gasteiger partial charge in [0.2, 0.25) is 0 Å². The summed E-state index contributed by atoms with van der Waals surface area (Å²) in [5, 5.41) is 0.632. The second kappa shape index (κ2) is 5.38. The third-order valence-corrected chi connectivity index (χ3v) is 2.93. The summed E-state index contributed by atoms with van der Waals surface area (Å²) in [6.45, 7) is 1.87. The van der Waals surface area contributed by atoms with E-state index in [1.807, 2.05) is 19.1 Å². The minimum atomic E-state index is -0.277. The molecular formula is C11H12Cl2O2. The van der Waals surface area contributed by atoms with Crippen LogP contribution in [0.4, 0.5) is 0 Å². The number of rotatable bonds is 3. The number of halogens is 2. The fraction of sp³-hybridized carbons (Fsp3) is 0.364. The topological polar surface area (TPSA) is 26.3 Å². The van der Waals surface area contributed by atoms with Crippen LogP contribution in [-0.2, 0) is 21.8 Å². The molecule has 15 heavy (non-hydrogen) atoms. The lowest BCUT2D eigenvalue weighted by molar-refractivity contribution is -0.139. The Bertz CT molecular complexity index is 375. The number of carbonyl (C=O) groups is 1. The molecule has 0 atom stereocenters. The van der Waals surface area contributed by atoms with Gasteiger partial charge in [0.05, 0.1) is 13.5 Å². The van der Waals surface area contributed by atoms with Gasteiger partial charge in [-0.1, -0.05) is 17.7 Å². The molecule has 0 fully saturated rings. The van der Waals surface area contributed by atoms with Crippen LogP contribution in [0.2, 0.25) is 5.02 Å². The zero-order chi connectivity index (χ0) is 11.4. The highest BCUT2D eigenvalue weighted by molar-refractivity contribution is 6.31. The molecule has 0 aliphatic carbocycles. The van der Waals surface area contributed by atoms with Crippen molar-refractivity contribution in [2.75, 3.05) is 7.11 Å². The molecule has 0 unspecified atom stereocenters. The molecule has 0 radical (unpaired) electrons. The average molecular weight is 247 g/mol. The van der Waals surface area contributed by atoms with Crippen molar-refractivity contribution in [2.24, 2.45) is 0 Å². The number of esters is 1. The Labute approximate surface area is 99.1 Å². The first-order chi connectivity index (χ1) is 7.08. The Morgan fingerprint density at radius 1 is 1.47 bits per heavy atom. The third-order valence-electron chi connectivity index (χ3n) is 2.23. The molecule has 82 valence electrons. The van der Waals surface area contributed by atoms with Gasteiger partial charge >= 0.3 is 5.97 Å². The van der Waals surface area contributed by atoms with E-state index in [2.05, 4.69) is 4.74 Å². The van der Waals surface area contributed by atoms with Crippen molar-refractivity contribution in [1.82, 2.24) is 0 Å². The standard InChI is InChI=1S/C11H12Cl2O2/c1-7-9(5-11(14)15-2)3-8(6-12)4-10(7)13/h3-4H,5-6H2,1-2H3. The van der Waals surface area contributed by atoms with Crippen LogP contribution in [0, 0.1) is 6.92 Å². The number of ether oxygens (including phenoxy) is 1. The summed E-state index contributed by atoms with van der Waals surface area (Å²) in [4.78, 5) is 11.1. The fourth-order valence-corrected chi connectivity index (χ4v) is 1.70. The quantitative estimate of drug-likeness (QED) is 0.606. The average Bonchev–Trinajstić information content (AvgIpc) is 2.24. The van der Waals surface area contributed by atoms with Crippen molar-refractivity contribution in [3.63, 3.8) is 0 Å². The molecule has 2 nitrogen and oxygen atoms in total. The van der Waals surface area contributed by atoms with Crippen LogP contribution in [0.1, 0.15) is 16.7 Å². The number of hydrogen-bond acceptors (Lipinski definition) is 2. The van der Waals surface area contributed by atoms with E-state index in [1.54, 1.807) is 0 Å². The first-order valence-corrected chi connectivity index (χ1v) is 5.40. The Hall–Kier alpha value is -0.730. The summed E-state index contributed by atoms with van der Waals surface area (Å²) in [5.41, 5.74) is 2.67. The Kier molecular flexibility index (Phi) is 4.43. The van der Waals surface area contributed by atoms with Gasteiger partial charge in [0.15, 0.2) is 0 Å². The molecule has 1 aromatic rings. The van der Waals surface area contributed by atoms with Crippen LogP contribution in [0.3, 0.4) is 0 Å². The van der Waals surface area contributed by atoms with Crippen molar-refractivity contribution < 1.29 is 9.53 Å². The van der Waals surface area contributed by atoms with Gasteiger partial charge in [0.25, 0.3) is 0 Å². The van der Waals surface area contributed by atoms with Gasteiger partial charge in [-0.25, -0.2) is 0 Å². The van der Waals surface area contributed by atoms with Gasteiger partial charge in [-0.2, -0.15) is 0 Å². The summed E-state index contributed by atoms with van der Waals surface area (Å²) in [6.07, 6.45) is 0.229. The van der Waals surface area contributed by atoms with E-state index >= 15 is 0 Å². The fourth-order valence-electron chi connectivity index (χ4n) is 1.29. The van der Waals surface area contributed by atoms with Crippen molar-refractivity contribution in [3.05, 3.63) is 33.8 Å². The molecule has 0 saturated heterocycles. The van der Waals surface area contributed by atoms with E-state index in [-0.39, 0.29) is 12.4 Å². The zero-order valence-electron chi connectivity index (χ0n) is 8.64. The molecule has 0 aromatic heterocycles. The van der Waals surface area contributed by atoms with Gasteiger partial charge in [0.1, 0.15) is 0 Å². The van der Waals surface area contributed by atoms with E-state index in [0.29, 0.717) is 10.9 Å². The highest BCUT2D eigenvalue weighted by Gasteiger charge is 2.09. The van der Waals surface area contributed by atoms with Crippen molar-refractivity contribution >= 4 is 29.2 Å². The van der Waals surface area contributed by atoms with E-state index in [9.17, 15) is 4.79 Å². The highest BCUT2D eigenvalue weighted by Crippen LogP contribution is 2.23. The Morgan fingerprint density at radius 3 is 2.67 bits per heavy atom. The summed E-state index contributed by atoms with van der Waals surface area (Å²) < 4.78 is 4.61. The SMILES string of the molecule is COC(=O)Cc1cc(CCl)cc(Cl)c1C. The van der Waals surface area contributed by atoms with E-state index in [1.165, 1.54) is 7.11 Å². The third kappa shape index (κ3) is 3.11. The molecule has 0 aliphatic rings. The van der Waals surface area contributed by atoms with Gasteiger partial charge in [-0.3, -0.25) is 4.79 Å². The predicted octanol–water partition coefficient (Wildman–Crippen LogP) is 3.10. The smallest absolute Gasteiger partial charge is 0.309 e. The van der Waals surface area contributed by atoms with Crippen LogP contribution in [0.15, 0.2) is 12.1 Å². The maximum atomic E-state index is 11.1. The van der Waals surface area contributed by atoms with Gasteiger partial charge in [-0.15, -0.1) is 11.6 Å². The maximum Gasteiger partial charge on any atom is 0.309 e. The van der Waals surface area contributed by atoms with Crippen molar-refractivity contribution in [1.29, 1.82) is 0 Å². The first-order valence-electron chi connectivity index (χ1n) is 4.49. The lowest BCUT2D eigenvalue weighted by Crippen LogP contribution is -2.06. The Balaban J connectivity index is 3.05. The summed E-state index contributed by atoms with van der Waals surface area (Å²) in [7, 11) is 1.37. The maximum absolute atomic E-state index is 11.1. The molecular weight excluding hydrogens is 235 g/mol. The van der Waals surface area contributed by atoms with Crippen LogP contribution in [0.25, 0.3) is 0 Å². The summed E-state index contributed by atoms with van der Waals surface area (Å²) in [6, 6.07) is 3.69. The largest absolute Gasteiger partial charge is 0.469 e. The monoisotopic (exact) mass is 246 g/mol. The van der Waals surface area contributed by atoms with Gasteiger partial charge in [0, 0.05) is 10.9 Å². The number of methoxy groups -OCH3 is 1. The number of benzene rings is 1. The second-order valence-electron chi connectivity index (χ2n) is 3.25. The van der Waals surface area contributed by atoms with Crippen molar-refractivity contribution in [3.8, 4) is 0 Å². The molecule has 0 heterocycles. The molecule has 4 heteroatoms. The van der Waals surface area contributed by atoms with Crippen LogP contribution in [-0.4, -0.2) is 13.1 Å². The highest BCUT2D eigenvalue weighted by atomic mass is 35.5. The molecule has 0 bridgehead atoms. The summed E-state index contributed by atoms with van der Waals surface area (Å²) in [5.74, 6) is 0.106. The molecule has 1 aromatic carbocycles. The molecule has 0 N–H and O–H groups in total. The lowest BCUT2D eigenvalue weighted by atomic mass is 10.0. The number of carbonyl (C=O) groups excluding carboxylic acids is 1. The molecule has 0 saturated carbocycles. The van der Waals surface area contributed by atoms with Gasteiger partial charge < -0.3 is 4.74 Å². The predicted molar refractivity (Wildman–Crippen MR) is 61.5 cm³/mol. The van der Waals surface area contributed by atoms with E-state index < -0.39 is 0 Å². The normalized spacial score (nSPS) is 10.1. The Morgan fingerprint density at radius 2 is 2.13 bits per heavy atom. The van der Waals surface area contributed by atoms with Crippen LogP contribution < -0.4 is 0 Å². The van der Waals surface area contributed by atoms with E-state index in [4.69, 9.17) is 23.2 Å². The molecule has 0 amide bonds. The minimum Gasteiger partial charge on any atom is -0.469 e. The second-order valence-corrected chi connectivity index (χ2v) is 3.92. The van der Waals surface area contributed by atoms with Crippen LogP contribution in [0.5, 0.6) is 0 Å². The van der Waals surface area contributed by atoms with Crippen molar-refractivity contribution in [2.45, 2.75) is 19.2 Å². The number of alkyl halides is 1.